The topological polar surface area (TPSA) is 69.6 Å². The molecule has 0 bridgehead atoms. The normalized spacial score (nSPS) is 7.08. The lowest BCUT2D eigenvalue weighted by atomic mass is 10.5. The molecule has 0 rings (SSSR count). The third-order valence-corrected chi connectivity index (χ3v) is 0.552. The Kier molecular flexibility index (Phi) is 32.7. The fourth-order valence-electron chi connectivity index (χ4n) is 0.151. The van der Waals surface area contributed by atoms with Crippen LogP contribution in [0.3, 0.4) is 0 Å². The van der Waals surface area contributed by atoms with E-state index in [1.54, 1.807) is 7.05 Å². The third-order valence-electron chi connectivity index (χ3n) is 0.552. The average Bonchev–Trinajstić information content (AvgIpc) is 2.08. The van der Waals surface area contributed by atoms with Crippen molar-refractivity contribution in [1.82, 2.24) is 5.32 Å². The molecule has 0 aliphatic heterocycles. The van der Waals surface area contributed by atoms with Gasteiger partial charge in [-0.25, -0.2) is 0 Å². The number of carboxylic acid groups (broad SMARTS) is 1. The Morgan fingerprint density at radius 1 is 1.42 bits per heavy atom. The van der Waals surface area contributed by atoms with Crippen molar-refractivity contribution in [1.29, 1.82) is 0 Å². The van der Waals surface area contributed by atoms with Crippen molar-refractivity contribution in [2.24, 2.45) is 0 Å². The third kappa shape index (κ3) is 57.5. The second kappa shape index (κ2) is 22.4. The molecule has 0 aliphatic rings. The molecule has 0 saturated heterocycles. The van der Waals surface area contributed by atoms with Crippen LogP contribution in [-0.2, 0) is 4.79 Å². The number of aliphatic hydroxyl groups excluding tert-OH is 1. The number of carboxylic acids is 1. The van der Waals surface area contributed by atoms with Crippen LogP contribution in [0.5, 0.6) is 0 Å². The molecule has 76 valence electrons. The highest BCUT2D eigenvalue weighted by molar-refractivity contribution is 5.68. The SMILES string of the molecule is CC.CCCO.CNCC(=O)O. The zero-order chi connectivity index (χ0) is 10.4. The van der Waals surface area contributed by atoms with E-state index in [-0.39, 0.29) is 6.54 Å². The predicted molar refractivity (Wildman–Crippen MR) is 50.3 cm³/mol. The van der Waals surface area contributed by atoms with Gasteiger partial charge >= 0.3 is 5.97 Å². The maximum Gasteiger partial charge on any atom is 0.317 e. The molecule has 4 nitrogen and oxygen atoms in total. The van der Waals surface area contributed by atoms with Crippen molar-refractivity contribution in [2.45, 2.75) is 27.2 Å². The number of aliphatic carboxylic acids is 1. The summed E-state index contributed by atoms with van der Waals surface area (Å²) in [5, 5.41) is 18.2. The maximum atomic E-state index is 9.54. The Labute approximate surface area is 74.6 Å². The molecule has 0 aromatic carbocycles. The summed E-state index contributed by atoms with van der Waals surface area (Å²) in [5.74, 6) is -0.822. The highest BCUT2D eigenvalue weighted by atomic mass is 16.4. The van der Waals surface area contributed by atoms with E-state index in [0.29, 0.717) is 6.61 Å². The Morgan fingerprint density at radius 3 is 1.75 bits per heavy atom. The molecule has 0 aliphatic carbocycles. The zero-order valence-electron chi connectivity index (χ0n) is 8.42. The molecular weight excluding hydrogens is 158 g/mol. The molecule has 0 aromatic heterocycles. The van der Waals surface area contributed by atoms with E-state index in [4.69, 9.17) is 10.2 Å². The Balaban J connectivity index is -0.000000118. The molecule has 3 N–H and O–H groups in total. The molecule has 4 heteroatoms. The van der Waals surface area contributed by atoms with Gasteiger partial charge in [-0.1, -0.05) is 20.8 Å². The van der Waals surface area contributed by atoms with Gasteiger partial charge in [0, 0.05) is 6.61 Å². The van der Waals surface area contributed by atoms with Crippen LogP contribution in [0.2, 0.25) is 0 Å². The van der Waals surface area contributed by atoms with Crippen LogP contribution in [0.1, 0.15) is 27.2 Å². The van der Waals surface area contributed by atoms with Crippen molar-refractivity contribution in [2.75, 3.05) is 20.2 Å². The minimum atomic E-state index is -0.822. The van der Waals surface area contributed by atoms with Crippen molar-refractivity contribution in [3.8, 4) is 0 Å². The standard InChI is InChI=1S/C3H7NO2.C3H8O.C2H6/c1-4-2-3(5)6;1-2-3-4;1-2/h4H,2H2,1H3,(H,5,6);4H,2-3H2,1H3;1-2H3. The van der Waals surface area contributed by atoms with E-state index >= 15 is 0 Å². The van der Waals surface area contributed by atoms with Gasteiger partial charge in [-0.15, -0.1) is 0 Å². The van der Waals surface area contributed by atoms with Gasteiger partial charge in [-0.2, -0.15) is 0 Å². The number of hydrogen-bond acceptors (Lipinski definition) is 3. The van der Waals surface area contributed by atoms with Gasteiger partial charge in [0.1, 0.15) is 0 Å². The highest BCUT2D eigenvalue weighted by Gasteiger charge is 1.86. The molecule has 0 spiro atoms. The van der Waals surface area contributed by atoms with E-state index in [2.05, 4.69) is 5.32 Å². The summed E-state index contributed by atoms with van der Waals surface area (Å²) < 4.78 is 0. The summed E-state index contributed by atoms with van der Waals surface area (Å²) in [6.07, 6.45) is 0.875. The van der Waals surface area contributed by atoms with Crippen LogP contribution in [0.4, 0.5) is 0 Å². The summed E-state index contributed by atoms with van der Waals surface area (Å²) >= 11 is 0. The minimum absolute atomic E-state index is 0.0417. The highest BCUT2D eigenvalue weighted by Crippen LogP contribution is 1.61. The van der Waals surface area contributed by atoms with Crippen LogP contribution in [0, 0.1) is 0 Å². The molecule has 0 fully saturated rings. The Hall–Kier alpha value is -0.610. The first-order valence-electron chi connectivity index (χ1n) is 4.16. The molecular formula is C8H21NO3. The lowest BCUT2D eigenvalue weighted by Gasteiger charge is -1.84. The lowest BCUT2D eigenvalue weighted by molar-refractivity contribution is -0.135. The predicted octanol–water partition coefficient (Wildman–Crippen LogP) is 0.705. The summed E-state index contributed by atoms with van der Waals surface area (Å²) in [7, 11) is 1.59. The first kappa shape index (κ1) is 17.5. The summed E-state index contributed by atoms with van der Waals surface area (Å²) in [6, 6.07) is 0. The molecule has 0 heterocycles. The smallest absolute Gasteiger partial charge is 0.317 e. The Morgan fingerprint density at radius 2 is 1.75 bits per heavy atom. The van der Waals surface area contributed by atoms with Gasteiger partial charge in [0.25, 0.3) is 0 Å². The first-order chi connectivity index (χ1) is 5.68. The van der Waals surface area contributed by atoms with E-state index in [1.165, 1.54) is 0 Å². The van der Waals surface area contributed by atoms with Gasteiger partial charge in [0.2, 0.25) is 0 Å². The number of hydrogen-bond donors (Lipinski definition) is 3. The minimum Gasteiger partial charge on any atom is -0.480 e. The number of likely N-dealkylation sites (N-methyl/N-ethyl adjacent to an activating group) is 1. The fraction of sp³-hybridized carbons (Fsp3) is 0.875. The first-order valence-corrected chi connectivity index (χ1v) is 4.16. The molecule has 12 heavy (non-hydrogen) atoms. The number of carbonyl (C=O) groups is 1. The monoisotopic (exact) mass is 179 g/mol. The van der Waals surface area contributed by atoms with Gasteiger partial charge in [-0.05, 0) is 13.5 Å². The average molecular weight is 179 g/mol. The maximum absolute atomic E-state index is 9.54. The van der Waals surface area contributed by atoms with Gasteiger partial charge < -0.3 is 15.5 Å². The second-order valence-electron chi connectivity index (χ2n) is 1.65. The number of aliphatic hydroxyl groups is 1. The second-order valence-corrected chi connectivity index (χ2v) is 1.65. The quantitative estimate of drug-likeness (QED) is 0.596. The van der Waals surface area contributed by atoms with Crippen LogP contribution < -0.4 is 5.32 Å². The zero-order valence-corrected chi connectivity index (χ0v) is 8.42. The van der Waals surface area contributed by atoms with E-state index in [0.717, 1.165) is 6.42 Å². The van der Waals surface area contributed by atoms with Crippen molar-refractivity contribution >= 4 is 5.97 Å². The van der Waals surface area contributed by atoms with Crippen LogP contribution >= 0.6 is 0 Å². The van der Waals surface area contributed by atoms with Crippen molar-refractivity contribution in [3.63, 3.8) is 0 Å². The fourth-order valence-corrected chi connectivity index (χ4v) is 0.151. The summed E-state index contributed by atoms with van der Waals surface area (Å²) in [6.45, 7) is 6.29. The largest absolute Gasteiger partial charge is 0.480 e. The van der Waals surface area contributed by atoms with Crippen molar-refractivity contribution < 1.29 is 15.0 Å². The van der Waals surface area contributed by atoms with Gasteiger partial charge in [0.05, 0.1) is 6.54 Å². The molecule has 0 unspecified atom stereocenters. The Bertz CT molecular complexity index is 74.7. The number of rotatable bonds is 3. The van der Waals surface area contributed by atoms with Gasteiger partial charge in [0.15, 0.2) is 0 Å². The molecule has 0 atom stereocenters. The lowest BCUT2D eigenvalue weighted by Crippen LogP contribution is -2.16. The van der Waals surface area contributed by atoms with Gasteiger partial charge in [-0.3, -0.25) is 4.79 Å². The van der Waals surface area contributed by atoms with Crippen LogP contribution in [0.25, 0.3) is 0 Å². The summed E-state index contributed by atoms with van der Waals surface area (Å²) in [4.78, 5) is 9.54. The van der Waals surface area contributed by atoms with Crippen molar-refractivity contribution in [3.05, 3.63) is 0 Å². The molecule has 0 amide bonds. The molecule has 0 radical (unpaired) electrons. The van der Waals surface area contributed by atoms with Crippen LogP contribution in [-0.4, -0.2) is 36.4 Å². The number of nitrogens with one attached hydrogen (secondary N) is 1. The van der Waals surface area contributed by atoms with Crippen LogP contribution in [0.15, 0.2) is 0 Å². The van der Waals surface area contributed by atoms with E-state index in [1.807, 2.05) is 20.8 Å². The molecule has 0 aromatic rings. The summed E-state index contributed by atoms with van der Waals surface area (Å²) in [5.41, 5.74) is 0. The molecule has 0 saturated carbocycles. The van der Waals surface area contributed by atoms with E-state index in [9.17, 15) is 4.79 Å². The van der Waals surface area contributed by atoms with E-state index < -0.39 is 5.97 Å².